The van der Waals surface area contributed by atoms with Crippen LogP contribution in [0.25, 0.3) is 11.3 Å². The summed E-state index contributed by atoms with van der Waals surface area (Å²) in [7, 11) is 0. The summed E-state index contributed by atoms with van der Waals surface area (Å²) in [6.07, 6.45) is 4.57. The lowest BCUT2D eigenvalue weighted by Crippen LogP contribution is -2.17. The molecule has 2 aromatic heterocycles. The third-order valence-corrected chi connectivity index (χ3v) is 3.97. The van der Waals surface area contributed by atoms with Crippen LogP contribution in [0.4, 0.5) is 0 Å². The molecule has 0 aliphatic heterocycles. The number of furan rings is 1. The highest BCUT2D eigenvalue weighted by molar-refractivity contribution is 9.10. The van der Waals surface area contributed by atoms with Crippen LogP contribution in [-0.2, 0) is 0 Å². The number of amides is 1. The fourth-order valence-electron chi connectivity index (χ4n) is 2.11. The molecule has 120 valence electrons. The summed E-state index contributed by atoms with van der Waals surface area (Å²) in [5.41, 5.74) is 5.06. The molecule has 0 aliphatic carbocycles. The summed E-state index contributed by atoms with van der Waals surface area (Å²) in [5, 5.41) is 3.91. The number of hydrogen-bond donors (Lipinski definition) is 1. The van der Waals surface area contributed by atoms with Gasteiger partial charge in [0.05, 0.1) is 6.21 Å². The topological polar surface area (TPSA) is 67.5 Å². The number of aromatic nitrogens is 1. The minimum atomic E-state index is -0.304. The molecule has 0 radical (unpaired) electrons. The molecule has 3 aromatic rings. The van der Waals surface area contributed by atoms with Crippen molar-refractivity contribution in [2.24, 2.45) is 5.10 Å². The van der Waals surface area contributed by atoms with Crippen molar-refractivity contribution >= 4 is 28.1 Å². The summed E-state index contributed by atoms with van der Waals surface area (Å²) < 4.78 is 6.70. The molecular weight excluding hydrogens is 370 g/mol. The Kier molecular flexibility index (Phi) is 4.86. The Balaban J connectivity index is 1.69. The zero-order valence-corrected chi connectivity index (χ0v) is 14.4. The molecule has 0 aliphatic rings. The van der Waals surface area contributed by atoms with E-state index in [0.29, 0.717) is 11.3 Å². The number of halogens is 1. The molecule has 0 fully saturated rings. The minimum absolute atomic E-state index is 0.304. The van der Waals surface area contributed by atoms with Gasteiger partial charge in [-0.3, -0.25) is 9.78 Å². The van der Waals surface area contributed by atoms with Gasteiger partial charge in [0.25, 0.3) is 5.91 Å². The number of carbonyl (C=O) groups excluding carboxylic acids is 1. The second-order valence-corrected chi connectivity index (χ2v) is 5.97. The minimum Gasteiger partial charge on any atom is -0.455 e. The van der Waals surface area contributed by atoms with Gasteiger partial charge in [-0.25, -0.2) is 5.43 Å². The lowest BCUT2D eigenvalue weighted by atomic mass is 10.1. The van der Waals surface area contributed by atoms with E-state index >= 15 is 0 Å². The predicted octanol–water partition coefficient (Wildman–Crippen LogP) is 4.18. The highest BCUT2D eigenvalue weighted by atomic mass is 79.9. The van der Waals surface area contributed by atoms with Crippen LogP contribution < -0.4 is 5.43 Å². The Morgan fingerprint density at radius 2 is 2.00 bits per heavy atom. The molecule has 6 heteroatoms. The number of nitrogens with one attached hydrogen (secondary N) is 1. The normalized spacial score (nSPS) is 10.9. The Hall–Kier alpha value is -2.73. The van der Waals surface area contributed by atoms with Crippen molar-refractivity contribution in [3.8, 4) is 11.3 Å². The molecule has 0 saturated heterocycles. The molecule has 1 amide bonds. The van der Waals surface area contributed by atoms with E-state index in [4.69, 9.17) is 4.42 Å². The number of benzene rings is 1. The van der Waals surface area contributed by atoms with E-state index in [9.17, 15) is 4.79 Å². The van der Waals surface area contributed by atoms with Crippen molar-refractivity contribution in [3.05, 3.63) is 76.2 Å². The van der Waals surface area contributed by atoms with Gasteiger partial charge in [0.15, 0.2) is 0 Å². The van der Waals surface area contributed by atoms with Crippen molar-refractivity contribution < 1.29 is 9.21 Å². The number of nitrogens with zero attached hydrogens (tertiary/aromatic N) is 2. The lowest BCUT2D eigenvalue weighted by molar-refractivity contribution is 0.0955. The van der Waals surface area contributed by atoms with Crippen molar-refractivity contribution in [1.29, 1.82) is 0 Å². The van der Waals surface area contributed by atoms with Crippen LogP contribution in [0, 0.1) is 6.92 Å². The first-order valence-electron chi connectivity index (χ1n) is 7.23. The van der Waals surface area contributed by atoms with Crippen LogP contribution in [0.1, 0.15) is 21.7 Å². The number of carbonyl (C=O) groups is 1. The smallest absolute Gasteiger partial charge is 0.271 e. The third kappa shape index (κ3) is 3.78. The van der Waals surface area contributed by atoms with Gasteiger partial charge in [0.1, 0.15) is 11.5 Å². The van der Waals surface area contributed by atoms with Crippen molar-refractivity contribution in [1.82, 2.24) is 10.4 Å². The van der Waals surface area contributed by atoms with Gasteiger partial charge in [0.2, 0.25) is 0 Å². The van der Waals surface area contributed by atoms with Crippen molar-refractivity contribution in [2.45, 2.75) is 6.92 Å². The molecule has 3 rings (SSSR count). The Morgan fingerprint density at radius 3 is 2.75 bits per heavy atom. The quantitative estimate of drug-likeness (QED) is 0.542. The molecule has 1 aromatic carbocycles. The molecule has 0 spiro atoms. The highest BCUT2D eigenvalue weighted by Crippen LogP contribution is 2.30. The SMILES string of the molecule is Cc1ccc(-c2ccc(/C=N\NC(=O)c3ccncc3)o2)c(Br)c1. The average Bonchev–Trinajstić information content (AvgIpc) is 3.04. The summed E-state index contributed by atoms with van der Waals surface area (Å²) in [6, 6.07) is 12.9. The van der Waals surface area contributed by atoms with E-state index in [1.807, 2.05) is 31.2 Å². The number of hydrazone groups is 1. The van der Waals surface area contributed by atoms with Crippen LogP contribution in [0.5, 0.6) is 0 Å². The van der Waals surface area contributed by atoms with E-state index < -0.39 is 0 Å². The molecule has 0 saturated carbocycles. The molecule has 0 atom stereocenters. The van der Waals surface area contributed by atoms with E-state index in [1.54, 1.807) is 30.6 Å². The lowest BCUT2D eigenvalue weighted by Gasteiger charge is -2.02. The summed E-state index contributed by atoms with van der Waals surface area (Å²) >= 11 is 3.53. The first-order chi connectivity index (χ1) is 11.6. The zero-order chi connectivity index (χ0) is 16.9. The predicted molar refractivity (Wildman–Crippen MR) is 95.9 cm³/mol. The van der Waals surface area contributed by atoms with Gasteiger partial charge in [-0.15, -0.1) is 0 Å². The average molecular weight is 384 g/mol. The Labute approximate surface area is 147 Å². The maximum atomic E-state index is 11.8. The number of aryl methyl sites for hydroxylation is 1. The fourth-order valence-corrected chi connectivity index (χ4v) is 2.80. The van der Waals surface area contributed by atoms with Crippen molar-refractivity contribution in [3.63, 3.8) is 0 Å². The molecule has 5 nitrogen and oxygen atoms in total. The zero-order valence-electron chi connectivity index (χ0n) is 12.9. The van der Waals surface area contributed by atoms with Crippen LogP contribution in [-0.4, -0.2) is 17.1 Å². The monoisotopic (exact) mass is 383 g/mol. The maximum absolute atomic E-state index is 11.8. The summed E-state index contributed by atoms with van der Waals surface area (Å²) in [4.78, 5) is 15.7. The summed E-state index contributed by atoms with van der Waals surface area (Å²) in [5.74, 6) is 0.970. The van der Waals surface area contributed by atoms with Gasteiger partial charge in [0, 0.05) is 28.0 Å². The van der Waals surface area contributed by atoms with Gasteiger partial charge in [-0.1, -0.05) is 22.0 Å². The number of hydrogen-bond acceptors (Lipinski definition) is 4. The standard InChI is InChI=1S/C18H14BrN3O2/c1-12-2-4-15(16(19)10-12)17-5-3-14(24-17)11-21-22-18(23)13-6-8-20-9-7-13/h2-11H,1H3,(H,22,23)/b21-11-. The molecular formula is C18H14BrN3O2. The molecule has 0 bridgehead atoms. The van der Waals surface area contributed by atoms with E-state index in [1.165, 1.54) is 6.21 Å². The van der Waals surface area contributed by atoms with Gasteiger partial charge in [-0.05, 0) is 48.9 Å². The van der Waals surface area contributed by atoms with Crippen LogP contribution in [0.15, 0.2) is 68.8 Å². The van der Waals surface area contributed by atoms with E-state index in [2.05, 4.69) is 31.4 Å². The molecule has 0 unspecified atom stereocenters. The molecule has 24 heavy (non-hydrogen) atoms. The molecule has 2 heterocycles. The van der Waals surface area contributed by atoms with Crippen molar-refractivity contribution in [2.75, 3.05) is 0 Å². The Morgan fingerprint density at radius 1 is 1.21 bits per heavy atom. The van der Waals surface area contributed by atoms with Crippen LogP contribution in [0.2, 0.25) is 0 Å². The first-order valence-corrected chi connectivity index (χ1v) is 8.02. The summed E-state index contributed by atoms with van der Waals surface area (Å²) in [6.45, 7) is 2.03. The van der Waals surface area contributed by atoms with Gasteiger partial charge < -0.3 is 4.42 Å². The first kappa shape index (κ1) is 16.1. The van der Waals surface area contributed by atoms with Gasteiger partial charge in [-0.2, -0.15) is 5.10 Å². The fraction of sp³-hybridized carbons (Fsp3) is 0.0556. The maximum Gasteiger partial charge on any atom is 0.271 e. The van der Waals surface area contributed by atoms with E-state index in [0.717, 1.165) is 21.4 Å². The van der Waals surface area contributed by atoms with Crippen LogP contribution in [0.3, 0.4) is 0 Å². The van der Waals surface area contributed by atoms with Crippen LogP contribution >= 0.6 is 15.9 Å². The largest absolute Gasteiger partial charge is 0.455 e. The number of pyridine rings is 1. The molecule has 1 N–H and O–H groups in total. The second-order valence-electron chi connectivity index (χ2n) is 5.12. The second kappa shape index (κ2) is 7.23. The van der Waals surface area contributed by atoms with E-state index in [-0.39, 0.29) is 5.91 Å². The van der Waals surface area contributed by atoms with Gasteiger partial charge >= 0.3 is 0 Å². The highest BCUT2D eigenvalue weighted by Gasteiger charge is 2.08. The number of rotatable bonds is 4. The Bertz CT molecular complexity index is 888. The third-order valence-electron chi connectivity index (χ3n) is 3.32.